The molecule has 2 aromatic rings. The first-order chi connectivity index (χ1) is 7.40. The van der Waals surface area contributed by atoms with Gasteiger partial charge in [0.15, 0.2) is 0 Å². The van der Waals surface area contributed by atoms with Crippen molar-refractivity contribution in [1.29, 1.82) is 0 Å². The monoisotopic (exact) mass is 220 g/mol. The molecule has 78 valence electrons. The maximum atomic E-state index is 4.28. The van der Waals surface area contributed by atoms with Crippen molar-refractivity contribution in [3.63, 3.8) is 0 Å². The van der Waals surface area contributed by atoms with Crippen LogP contribution >= 0.6 is 12.6 Å². The number of hydrogen-bond acceptors (Lipinski definition) is 4. The Morgan fingerprint density at radius 3 is 2.73 bits per heavy atom. The van der Waals surface area contributed by atoms with Gasteiger partial charge in [-0.25, -0.2) is 0 Å². The van der Waals surface area contributed by atoms with Crippen LogP contribution in [0.3, 0.4) is 0 Å². The van der Waals surface area contributed by atoms with Gasteiger partial charge in [0.25, 0.3) is 0 Å². The van der Waals surface area contributed by atoms with Crippen LogP contribution in [0.25, 0.3) is 11.4 Å². The molecule has 0 aliphatic carbocycles. The van der Waals surface area contributed by atoms with E-state index in [1.165, 1.54) is 0 Å². The number of thiol groups is 1. The summed E-state index contributed by atoms with van der Waals surface area (Å²) in [7, 11) is 0. The van der Waals surface area contributed by atoms with Crippen molar-refractivity contribution in [1.82, 2.24) is 20.2 Å². The summed E-state index contributed by atoms with van der Waals surface area (Å²) in [5.41, 5.74) is 0.995. The van der Waals surface area contributed by atoms with Crippen molar-refractivity contribution in [2.75, 3.05) is 5.75 Å². The Morgan fingerprint density at radius 1 is 1.20 bits per heavy atom. The molecule has 0 aliphatic heterocycles. The Balaban J connectivity index is 2.14. The van der Waals surface area contributed by atoms with Gasteiger partial charge in [-0.15, -0.1) is 10.2 Å². The normalized spacial score (nSPS) is 10.5. The van der Waals surface area contributed by atoms with Crippen LogP contribution in [0.4, 0.5) is 0 Å². The Labute approximate surface area is 93.7 Å². The molecule has 0 bridgehead atoms. The van der Waals surface area contributed by atoms with Crippen LogP contribution in [0.15, 0.2) is 30.3 Å². The zero-order chi connectivity index (χ0) is 10.5. The van der Waals surface area contributed by atoms with Crippen LogP contribution in [0.1, 0.15) is 6.42 Å². The molecule has 2 rings (SSSR count). The van der Waals surface area contributed by atoms with Crippen molar-refractivity contribution in [2.24, 2.45) is 0 Å². The Kier molecular flexibility index (Phi) is 3.34. The third-order valence-corrected chi connectivity index (χ3v) is 2.32. The van der Waals surface area contributed by atoms with Gasteiger partial charge in [-0.1, -0.05) is 30.3 Å². The van der Waals surface area contributed by atoms with Gasteiger partial charge in [0.1, 0.15) is 0 Å². The van der Waals surface area contributed by atoms with Crippen molar-refractivity contribution in [3.05, 3.63) is 30.3 Å². The minimum absolute atomic E-state index is 0.676. The molecule has 0 saturated heterocycles. The van der Waals surface area contributed by atoms with E-state index in [0.717, 1.165) is 24.3 Å². The number of rotatable bonds is 4. The lowest BCUT2D eigenvalue weighted by atomic mass is 10.2. The van der Waals surface area contributed by atoms with Crippen LogP contribution in [0.2, 0.25) is 0 Å². The second kappa shape index (κ2) is 4.93. The molecule has 0 unspecified atom stereocenters. The quantitative estimate of drug-likeness (QED) is 0.797. The minimum atomic E-state index is 0.676. The highest BCUT2D eigenvalue weighted by molar-refractivity contribution is 7.80. The van der Waals surface area contributed by atoms with Gasteiger partial charge in [-0.2, -0.15) is 17.4 Å². The van der Waals surface area contributed by atoms with Crippen LogP contribution in [-0.2, 0) is 6.54 Å². The summed E-state index contributed by atoms with van der Waals surface area (Å²) in [6, 6.07) is 9.84. The summed E-state index contributed by atoms with van der Waals surface area (Å²) >= 11 is 4.14. The largest absolute Gasteiger partial charge is 0.204 e. The van der Waals surface area contributed by atoms with Gasteiger partial charge < -0.3 is 0 Å². The summed E-state index contributed by atoms with van der Waals surface area (Å²) in [6.45, 7) is 0.767. The molecule has 0 saturated carbocycles. The highest BCUT2D eigenvalue weighted by Gasteiger charge is 2.03. The lowest BCUT2D eigenvalue weighted by molar-refractivity contribution is 0.517. The van der Waals surface area contributed by atoms with Crippen LogP contribution in [-0.4, -0.2) is 26.0 Å². The molecule has 1 aromatic heterocycles. The fraction of sp³-hybridized carbons (Fsp3) is 0.300. The average molecular weight is 220 g/mol. The highest BCUT2D eigenvalue weighted by Crippen LogP contribution is 2.11. The van der Waals surface area contributed by atoms with E-state index in [2.05, 4.69) is 28.0 Å². The van der Waals surface area contributed by atoms with Crippen molar-refractivity contribution >= 4 is 12.6 Å². The number of hydrogen-bond donors (Lipinski definition) is 1. The van der Waals surface area contributed by atoms with Crippen LogP contribution in [0, 0.1) is 0 Å². The van der Waals surface area contributed by atoms with Gasteiger partial charge in [-0.3, -0.25) is 0 Å². The topological polar surface area (TPSA) is 43.6 Å². The first kappa shape index (κ1) is 10.2. The number of benzene rings is 1. The van der Waals surface area contributed by atoms with Crippen molar-refractivity contribution in [3.8, 4) is 11.4 Å². The second-order valence-corrected chi connectivity index (χ2v) is 3.60. The summed E-state index contributed by atoms with van der Waals surface area (Å²) in [5.74, 6) is 1.51. The van der Waals surface area contributed by atoms with Gasteiger partial charge >= 0.3 is 0 Å². The third kappa shape index (κ3) is 2.56. The van der Waals surface area contributed by atoms with Gasteiger partial charge in [0, 0.05) is 5.56 Å². The minimum Gasteiger partial charge on any atom is -0.179 e. The molecule has 0 radical (unpaired) electrons. The number of tetrazole rings is 1. The molecule has 0 fully saturated rings. The number of aryl methyl sites for hydroxylation is 1. The second-order valence-electron chi connectivity index (χ2n) is 3.15. The maximum Gasteiger partial charge on any atom is 0.204 e. The molecule has 0 atom stereocenters. The van der Waals surface area contributed by atoms with Gasteiger partial charge in [0.2, 0.25) is 5.82 Å². The van der Waals surface area contributed by atoms with E-state index in [0.29, 0.717) is 5.82 Å². The Morgan fingerprint density at radius 2 is 2.00 bits per heavy atom. The lowest BCUT2D eigenvalue weighted by Gasteiger charge is -1.94. The highest BCUT2D eigenvalue weighted by atomic mass is 32.1. The van der Waals surface area contributed by atoms with E-state index in [9.17, 15) is 0 Å². The van der Waals surface area contributed by atoms with Gasteiger partial charge in [-0.05, 0) is 17.4 Å². The fourth-order valence-electron chi connectivity index (χ4n) is 1.25. The van der Waals surface area contributed by atoms with Crippen LogP contribution in [0.5, 0.6) is 0 Å². The van der Waals surface area contributed by atoms with Crippen molar-refractivity contribution < 1.29 is 0 Å². The third-order valence-electron chi connectivity index (χ3n) is 2.00. The molecule has 0 amide bonds. The lowest BCUT2D eigenvalue weighted by Crippen LogP contribution is -2.02. The zero-order valence-electron chi connectivity index (χ0n) is 8.24. The smallest absolute Gasteiger partial charge is 0.179 e. The molecular formula is C10H12N4S. The fourth-order valence-corrected chi connectivity index (χ4v) is 1.39. The molecule has 4 nitrogen and oxygen atoms in total. The molecule has 1 heterocycles. The van der Waals surface area contributed by atoms with E-state index in [1.807, 2.05) is 30.3 Å². The average Bonchev–Trinajstić information content (AvgIpc) is 2.76. The molecule has 0 spiro atoms. The SMILES string of the molecule is SCCCn1nnc(-c2ccccc2)n1. The summed E-state index contributed by atoms with van der Waals surface area (Å²) in [6.07, 6.45) is 0.952. The molecule has 5 heteroatoms. The van der Waals surface area contributed by atoms with E-state index >= 15 is 0 Å². The van der Waals surface area contributed by atoms with E-state index in [-0.39, 0.29) is 0 Å². The van der Waals surface area contributed by atoms with Crippen molar-refractivity contribution in [2.45, 2.75) is 13.0 Å². The molecule has 0 aliphatic rings. The maximum absolute atomic E-state index is 4.28. The number of aromatic nitrogens is 4. The predicted molar refractivity (Wildman–Crippen MR) is 61.7 cm³/mol. The Hall–Kier alpha value is -1.36. The predicted octanol–water partition coefficient (Wildman–Crippen LogP) is 1.66. The summed E-state index contributed by atoms with van der Waals surface area (Å²) in [5, 5.41) is 12.2. The Bertz CT molecular complexity index is 412. The first-order valence-corrected chi connectivity index (χ1v) is 5.47. The molecule has 0 N–H and O–H groups in total. The zero-order valence-corrected chi connectivity index (χ0v) is 9.14. The van der Waals surface area contributed by atoms with E-state index < -0.39 is 0 Å². The molecular weight excluding hydrogens is 208 g/mol. The standard InChI is InChI=1S/C10H12N4S/c15-8-4-7-14-12-10(11-13-14)9-5-2-1-3-6-9/h1-3,5-6,15H,4,7-8H2. The van der Waals surface area contributed by atoms with E-state index in [1.54, 1.807) is 4.80 Å². The number of nitrogens with zero attached hydrogens (tertiary/aromatic N) is 4. The molecule has 1 aromatic carbocycles. The summed E-state index contributed by atoms with van der Waals surface area (Å²) in [4.78, 5) is 1.61. The summed E-state index contributed by atoms with van der Waals surface area (Å²) < 4.78 is 0. The van der Waals surface area contributed by atoms with Crippen LogP contribution < -0.4 is 0 Å². The first-order valence-electron chi connectivity index (χ1n) is 4.84. The van der Waals surface area contributed by atoms with E-state index in [4.69, 9.17) is 0 Å². The van der Waals surface area contributed by atoms with Gasteiger partial charge in [0.05, 0.1) is 6.54 Å². The molecule has 15 heavy (non-hydrogen) atoms.